The minimum atomic E-state index is -1.45. The van der Waals surface area contributed by atoms with Crippen LogP contribution in [0.4, 0.5) is 25.0 Å². The highest BCUT2D eigenvalue weighted by atomic mass is 19.1. The predicted octanol–water partition coefficient (Wildman–Crippen LogP) is 3.78. The average molecular weight is 249 g/mol. The molecule has 3 nitrogen and oxygen atoms in total. The second kappa shape index (κ2) is 4.83. The van der Waals surface area contributed by atoms with Crippen molar-refractivity contribution in [2.75, 3.05) is 4.90 Å². The Kier molecular flexibility index (Phi) is 3.23. The van der Waals surface area contributed by atoms with Gasteiger partial charge in [0, 0.05) is 0 Å². The fraction of sp³-hybridized carbons (Fsp3) is 0. The Bertz CT molecular complexity index is 552. The van der Waals surface area contributed by atoms with Gasteiger partial charge in [-0.2, -0.15) is 0 Å². The molecule has 0 atom stereocenters. The minimum Gasteiger partial charge on any atom is -0.464 e. The fourth-order valence-electron chi connectivity index (χ4n) is 1.61. The molecule has 0 radical (unpaired) electrons. The van der Waals surface area contributed by atoms with Crippen LogP contribution in [-0.4, -0.2) is 11.2 Å². The van der Waals surface area contributed by atoms with E-state index in [1.165, 1.54) is 18.2 Å². The van der Waals surface area contributed by atoms with Crippen molar-refractivity contribution in [2.24, 2.45) is 0 Å². The summed E-state index contributed by atoms with van der Waals surface area (Å²) in [5.74, 6) is -1.86. The third-order valence-corrected chi connectivity index (χ3v) is 2.37. The van der Waals surface area contributed by atoms with Gasteiger partial charge in [-0.05, 0) is 24.3 Å². The Morgan fingerprint density at radius 1 is 0.944 bits per heavy atom. The highest BCUT2D eigenvalue weighted by molar-refractivity contribution is 5.95. The van der Waals surface area contributed by atoms with E-state index < -0.39 is 23.4 Å². The molecule has 1 N–H and O–H groups in total. The van der Waals surface area contributed by atoms with Crippen LogP contribution in [-0.2, 0) is 0 Å². The Morgan fingerprint density at radius 3 is 2.00 bits per heavy atom. The van der Waals surface area contributed by atoms with E-state index in [0.717, 1.165) is 12.1 Å². The summed E-state index contributed by atoms with van der Waals surface area (Å²) in [6.07, 6.45) is -1.45. The van der Waals surface area contributed by atoms with Gasteiger partial charge in [-0.25, -0.2) is 18.5 Å². The highest BCUT2D eigenvalue weighted by Gasteiger charge is 2.23. The van der Waals surface area contributed by atoms with E-state index in [9.17, 15) is 13.6 Å². The van der Waals surface area contributed by atoms with Gasteiger partial charge >= 0.3 is 6.09 Å². The third kappa shape index (κ3) is 2.15. The van der Waals surface area contributed by atoms with Crippen LogP contribution in [0.2, 0.25) is 0 Å². The number of para-hydroxylation sites is 2. The Morgan fingerprint density at radius 2 is 1.50 bits per heavy atom. The number of anilines is 2. The van der Waals surface area contributed by atoms with Crippen LogP contribution in [0, 0.1) is 11.6 Å². The zero-order valence-corrected chi connectivity index (χ0v) is 9.18. The quantitative estimate of drug-likeness (QED) is 0.879. The predicted molar refractivity (Wildman–Crippen MR) is 63.0 cm³/mol. The fourth-order valence-corrected chi connectivity index (χ4v) is 1.61. The molecule has 5 heteroatoms. The number of amides is 1. The van der Waals surface area contributed by atoms with Gasteiger partial charge in [0.25, 0.3) is 0 Å². The lowest BCUT2D eigenvalue weighted by Crippen LogP contribution is -2.25. The summed E-state index contributed by atoms with van der Waals surface area (Å²) in [7, 11) is 0. The van der Waals surface area contributed by atoms with Gasteiger partial charge in [-0.3, -0.25) is 0 Å². The van der Waals surface area contributed by atoms with Gasteiger partial charge in [0.1, 0.15) is 17.3 Å². The van der Waals surface area contributed by atoms with Crippen molar-refractivity contribution >= 4 is 17.5 Å². The first-order valence-corrected chi connectivity index (χ1v) is 5.13. The van der Waals surface area contributed by atoms with E-state index in [1.807, 2.05) is 0 Å². The Balaban J connectivity index is 2.60. The molecular weight excluding hydrogens is 240 g/mol. The number of hydrogen-bond donors (Lipinski definition) is 1. The highest BCUT2D eigenvalue weighted by Crippen LogP contribution is 2.30. The molecule has 2 aromatic rings. The van der Waals surface area contributed by atoms with E-state index >= 15 is 0 Å². The van der Waals surface area contributed by atoms with Crippen molar-refractivity contribution in [3.8, 4) is 0 Å². The first kappa shape index (κ1) is 12.0. The molecule has 0 unspecified atom stereocenters. The van der Waals surface area contributed by atoms with Crippen LogP contribution < -0.4 is 4.90 Å². The molecule has 0 bridgehead atoms. The number of benzene rings is 2. The van der Waals surface area contributed by atoms with Crippen molar-refractivity contribution in [3.05, 3.63) is 60.2 Å². The topological polar surface area (TPSA) is 40.5 Å². The number of nitrogens with zero attached hydrogens (tertiary/aromatic N) is 1. The van der Waals surface area contributed by atoms with Crippen LogP contribution >= 0.6 is 0 Å². The molecule has 0 aliphatic heterocycles. The normalized spacial score (nSPS) is 10.1. The molecule has 0 aliphatic rings. The lowest BCUT2D eigenvalue weighted by Gasteiger charge is -2.20. The molecule has 92 valence electrons. The third-order valence-electron chi connectivity index (χ3n) is 2.37. The zero-order chi connectivity index (χ0) is 13.1. The van der Waals surface area contributed by atoms with Gasteiger partial charge in [0.15, 0.2) is 0 Å². The Hall–Kier alpha value is -2.43. The number of halogens is 2. The van der Waals surface area contributed by atoms with Crippen molar-refractivity contribution in [2.45, 2.75) is 0 Å². The molecule has 1 amide bonds. The van der Waals surface area contributed by atoms with Gasteiger partial charge < -0.3 is 5.11 Å². The van der Waals surface area contributed by atoms with Gasteiger partial charge in [-0.15, -0.1) is 0 Å². The van der Waals surface area contributed by atoms with Crippen molar-refractivity contribution in [1.82, 2.24) is 0 Å². The molecule has 0 saturated heterocycles. The summed E-state index contributed by atoms with van der Waals surface area (Å²) >= 11 is 0. The maximum absolute atomic E-state index is 13.6. The first-order chi connectivity index (χ1) is 8.61. The van der Waals surface area contributed by atoms with E-state index in [-0.39, 0.29) is 5.69 Å². The average Bonchev–Trinajstić information content (AvgIpc) is 2.34. The SMILES string of the molecule is O=C(O)N(c1ccccc1)c1c(F)cccc1F. The van der Waals surface area contributed by atoms with Gasteiger partial charge in [0.2, 0.25) is 0 Å². The first-order valence-electron chi connectivity index (χ1n) is 5.13. The molecule has 0 aromatic heterocycles. The van der Waals surface area contributed by atoms with Crippen LogP contribution in [0.1, 0.15) is 0 Å². The maximum atomic E-state index is 13.6. The molecule has 2 rings (SSSR count). The van der Waals surface area contributed by atoms with Gasteiger partial charge in [-0.1, -0.05) is 24.3 Å². The zero-order valence-electron chi connectivity index (χ0n) is 9.18. The standard InChI is InChI=1S/C13H9F2NO2/c14-10-7-4-8-11(15)12(10)16(13(17)18)9-5-2-1-3-6-9/h1-8H,(H,17,18). The molecule has 0 spiro atoms. The second-order valence-corrected chi connectivity index (χ2v) is 3.52. The number of carboxylic acid groups (broad SMARTS) is 1. The molecule has 0 saturated carbocycles. The molecule has 0 fully saturated rings. The Labute approximate surface area is 102 Å². The smallest absolute Gasteiger partial charge is 0.416 e. The van der Waals surface area contributed by atoms with E-state index in [4.69, 9.17) is 5.11 Å². The molecular formula is C13H9F2NO2. The van der Waals surface area contributed by atoms with Crippen molar-refractivity contribution in [3.63, 3.8) is 0 Å². The number of carbonyl (C=O) groups is 1. The monoisotopic (exact) mass is 249 g/mol. The maximum Gasteiger partial charge on any atom is 0.416 e. The summed E-state index contributed by atoms with van der Waals surface area (Å²) in [6, 6.07) is 11.0. The van der Waals surface area contributed by atoms with E-state index in [2.05, 4.69) is 0 Å². The lowest BCUT2D eigenvalue weighted by molar-refractivity contribution is 0.204. The van der Waals surface area contributed by atoms with Crippen molar-refractivity contribution < 1.29 is 18.7 Å². The molecule has 18 heavy (non-hydrogen) atoms. The molecule has 0 heterocycles. The van der Waals surface area contributed by atoms with E-state index in [0.29, 0.717) is 4.90 Å². The summed E-state index contributed by atoms with van der Waals surface area (Å²) in [5.41, 5.74) is -0.426. The second-order valence-electron chi connectivity index (χ2n) is 3.52. The van der Waals surface area contributed by atoms with Gasteiger partial charge in [0.05, 0.1) is 5.69 Å². The summed E-state index contributed by atoms with van der Waals surface area (Å²) < 4.78 is 27.2. The molecule has 0 aliphatic carbocycles. The van der Waals surface area contributed by atoms with Crippen LogP contribution in [0.25, 0.3) is 0 Å². The summed E-state index contributed by atoms with van der Waals surface area (Å²) in [4.78, 5) is 11.8. The van der Waals surface area contributed by atoms with Crippen LogP contribution in [0.15, 0.2) is 48.5 Å². The number of rotatable bonds is 2. The largest absolute Gasteiger partial charge is 0.464 e. The van der Waals surface area contributed by atoms with Crippen LogP contribution in [0.5, 0.6) is 0 Å². The summed E-state index contributed by atoms with van der Waals surface area (Å²) in [5, 5.41) is 9.12. The van der Waals surface area contributed by atoms with E-state index in [1.54, 1.807) is 18.2 Å². The lowest BCUT2D eigenvalue weighted by atomic mass is 10.2. The number of hydrogen-bond acceptors (Lipinski definition) is 1. The summed E-state index contributed by atoms with van der Waals surface area (Å²) in [6.45, 7) is 0. The van der Waals surface area contributed by atoms with Crippen LogP contribution in [0.3, 0.4) is 0 Å². The minimum absolute atomic E-state index is 0.175. The van der Waals surface area contributed by atoms with Crippen molar-refractivity contribution in [1.29, 1.82) is 0 Å². The molecule has 2 aromatic carbocycles.